The Morgan fingerprint density at radius 2 is 2.00 bits per heavy atom. The average Bonchev–Trinajstić information content (AvgIpc) is 3.59. The molecule has 1 aromatic carbocycles. The monoisotopic (exact) mass is 546 g/mol. The van der Waals surface area contributed by atoms with E-state index in [9.17, 15) is 4.79 Å². The lowest BCUT2D eigenvalue weighted by Crippen LogP contribution is -2.54. The van der Waals surface area contributed by atoms with Crippen molar-refractivity contribution in [2.24, 2.45) is 0 Å². The van der Waals surface area contributed by atoms with E-state index < -0.39 is 0 Å². The van der Waals surface area contributed by atoms with Crippen molar-refractivity contribution in [3.8, 4) is 11.9 Å². The van der Waals surface area contributed by atoms with Crippen molar-refractivity contribution in [3.63, 3.8) is 0 Å². The van der Waals surface area contributed by atoms with E-state index in [1.165, 1.54) is 7.11 Å². The van der Waals surface area contributed by atoms with Gasteiger partial charge in [-0.05, 0) is 45.7 Å². The fraction of sp³-hybridized carbons (Fsp3) is 0.464. The number of methoxy groups -OCH3 is 1. The maximum absolute atomic E-state index is 13.7. The number of imidazole rings is 1. The molecule has 12 heteroatoms. The van der Waals surface area contributed by atoms with Gasteiger partial charge in [0.25, 0.3) is 11.8 Å². The molecular formula is C28H34N8O4. The van der Waals surface area contributed by atoms with Crippen molar-refractivity contribution in [2.45, 2.75) is 51.8 Å². The van der Waals surface area contributed by atoms with Crippen LogP contribution in [0, 0.1) is 6.92 Å². The molecule has 0 aliphatic carbocycles. The fourth-order valence-corrected chi connectivity index (χ4v) is 5.56. The summed E-state index contributed by atoms with van der Waals surface area (Å²) in [6.07, 6.45) is 7.30. The number of nitrogens with zero attached hydrogens (tertiary/aromatic N) is 6. The lowest BCUT2D eigenvalue weighted by molar-refractivity contribution is 0.0646. The van der Waals surface area contributed by atoms with E-state index in [0.29, 0.717) is 47.1 Å². The van der Waals surface area contributed by atoms with Crippen LogP contribution in [0.4, 0.5) is 11.5 Å². The van der Waals surface area contributed by atoms with Gasteiger partial charge in [-0.1, -0.05) is 0 Å². The predicted octanol–water partition coefficient (Wildman–Crippen LogP) is 2.99. The molecule has 1 amide bonds. The smallest absolute Gasteiger partial charge is 0.317 e. The summed E-state index contributed by atoms with van der Waals surface area (Å²) in [7, 11) is 1.52. The first-order valence-electron chi connectivity index (χ1n) is 13.6. The third-order valence-electron chi connectivity index (χ3n) is 7.23. The van der Waals surface area contributed by atoms with Gasteiger partial charge in [0.2, 0.25) is 5.65 Å². The number of amides is 1. The van der Waals surface area contributed by atoms with Crippen molar-refractivity contribution >= 4 is 34.0 Å². The predicted molar refractivity (Wildman–Crippen MR) is 151 cm³/mol. The zero-order chi connectivity index (χ0) is 27.8. The SMILES string of the molecule is COc1nc(NC(=O)c2ccc(N3C[C@@H](C)N[C@H](C)C3)c3cnc(OCC4CCCO4)nc23)cn2cc(C)nc12. The number of ether oxygens (including phenoxy) is 3. The number of carbonyl (C=O) groups excluding carboxylic acids is 1. The minimum absolute atomic E-state index is 0.0278. The van der Waals surface area contributed by atoms with Gasteiger partial charge in [-0.15, -0.1) is 0 Å². The molecule has 3 aromatic heterocycles. The van der Waals surface area contributed by atoms with E-state index in [1.807, 2.05) is 19.2 Å². The number of nitrogens with one attached hydrogen (secondary N) is 2. The quantitative estimate of drug-likeness (QED) is 0.357. The molecule has 2 aliphatic heterocycles. The van der Waals surface area contributed by atoms with Gasteiger partial charge in [0, 0.05) is 55.2 Å². The van der Waals surface area contributed by atoms with Crippen molar-refractivity contribution < 1.29 is 19.0 Å². The van der Waals surface area contributed by atoms with Gasteiger partial charge in [-0.2, -0.15) is 9.97 Å². The summed E-state index contributed by atoms with van der Waals surface area (Å²) in [5.74, 6) is 0.297. The highest BCUT2D eigenvalue weighted by molar-refractivity contribution is 6.13. The average molecular weight is 547 g/mol. The Morgan fingerprint density at radius 3 is 2.75 bits per heavy atom. The van der Waals surface area contributed by atoms with E-state index in [0.717, 1.165) is 49.3 Å². The van der Waals surface area contributed by atoms with Crippen LogP contribution in [-0.2, 0) is 4.74 Å². The number of carbonyl (C=O) groups is 1. The molecule has 40 heavy (non-hydrogen) atoms. The number of aromatic nitrogens is 5. The van der Waals surface area contributed by atoms with Gasteiger partial charge in [-0.3, -0.25) is 9.20 Å². The molecule has 2 fully saturated rings. The van der Waals surface area contributed by atoms with Crippen LogP contribution in [0.15, 0.2) is 30.7 Å². The van der Waals surface area contributed by atoms with E-state index in [1.54, 1.807) is 22.9 Å². The van der Waals surface area contributed by atoms with Gasteiger partial charge in [-0.25, -0.2) is 9.97 Å². The van der Waals surface area contributed by atoms with E-state index in [-0.39, 0.29) is 18.0 Å². The second-order valence-corrected chi connectivity index (χ2v) is 10.6. The normalized spacial score (nSPS) is 21.2. The lowest BCUT2D eigenvalue weighted by atomic mass is 10.0. The maximum Gasteiger partial charge on any atom is 0.317 e. The molecule has 2 N–H and O–H groups in total. The molecule has 5 heterocycles. The van der Waals surface area contributed by atoms with Crippen molar-refractivity contribution in [2.75, 3.05) is 43.6 Å². The molecule has 210 valence electrons. The number of anilines is 2. The summed E-state index contributed by atoms with van der Waals surface area (Å²) in [4.78, 5) is 34.1. The minimum Gasteiger partial charge on any atom is -0.478 e. The van der Waals surface area contributed by atoms with Crippen LogP contribution in [-0.4, -0.2) is 81.8 Å². The van der Waals surface area contributed by atoms with Gasteiger partial charge in [0.05, 0.1) is 36.2 Å². The van der Waals surface area contributed by atoms with Crippen LogP contribution in [0.5, 0.6) is 11.9 Å². The summed E-state index contributed by atoms with van der Waals surface area (Å²) in [6.45, 7) is 8.99. The summed E-state index contributed by atoms with van der Waals surface area (Å²) < 4.78 is 18.8. The largest absolute Gasteiger partial charge is 0.478 e. The van der Waals surface area contributed by atoms with Crippen LogP contribution in [0.2, 0.25) is 0 Å². The first kappa shape index (κ1) is 26.2. The zero-order valence-electron chi connectivity index (χ0n) is 23.2. The maximum atomic E-state index is 13.7. The Balaban J connectivity index is 1.36. The molecule has 0 saturated carbocycles. The second-order valence-electron chi connectivity index (χ2n) is 10.6. The minimum atomic E-state index is -0.354. The Kier molecular flexibility index (Phi) is 7.11. The van der Waals surface area contributed by atoms with Crippen LogP contribution in [0.25, 0.3) is 16.6 Å². The van der Waals surface area contributed by atoms with Crippen LogP contribution < -0.4 is 25.0 Å². The van der Waals surface area contributed by atoms with Gasteiger partial charge >= 0.3 is 6.01 Å². The zero-order valence-corrected chi connectivity index (χ0v) is 23.2. The molecule has 0 radical (unpaired) electrons. The number of benzene rings is 1. The number of hydrogen-bond acceptors (Lipinski definition) is 10. The first-order chi connectivity index (χ1) is 19.4. The second kappa shape index (κ2) is 10.9. The van der Waals surface area contributed by atoms with Gasteiger partial charge in [0.1, 0.15) is 6.61 Å². The lowest BCUT2D eigenvalue weighted by Gasteiger charge is -2.38. The number of aryl methyl sites for hydroxylation is 1. The molecule has 0 bridgehead atoms. The Bertz CT molecular complexity index is 1540. The molecule has 0 spiro atoms. The molecular weight excluding hydrogens is 512 g/mol. The highest BCUT2D eigenvalue weighted by Crippen LogP contribution is 2.31. The summed E-state index contributed by atoms with van der Waals surface area (Å²) in [5, 5.41) is 7.26. The summed E-state index contributed by atoms with van der Waals surface area (Å²) in [6, 6.07) is 4.62. The summed E-state index contributed by atoms with van der Waals surface area (Å²) in [5.41, 5.74) is 3.27. The topological polar surface area (TPSA) is 128 Å². The van der Waals surface area contributed by atoms with Gasteiger partial charge < -0.3 is 29.7 Å². The third-order valence-corrected chi connectivity index (χ3v) is 7.23. The molecule has 1 unspecified atom stereocenters. The first-order valence-corrected chi connectivity index (χ1v) is 13.6. The highest BCUT2D eigenvalue weighted by atomic mass is 16.5. The molecule has 4 aromatic rings. The van der Waals surface area contributed by atoms with E-state index in [2.05, 4.69) is 44.3 Å². The van der Waals surface area contributed by atoms with Gasteiger partial charge in [0.15, 0.2) is 5.82 Å². The fourth-order valence-electron chi connectivity index (χ4n) is 5.56. The van der Waals surface area contributed by atoms with Crippen molar-refractivity contribution in [3.05, 3.63) is 42.0 Å². The van der Waals surface area contributed by atoms with Crippen molar-refractivity contribution in [1.29, 1.82) is 0 Å². The van der Waals surface area contributed by atoms with Crippen LogP contribution in [0.1, 0.15) is 42.7 Å². The van der Waals surface area contributed by atoms with Crippen LogP contribution in [0.3, 0.4) is 0 Å². The third kappa shape index (κ3) is 5.24. The molecule has 12 nitrogen and oxygen atoms in total. The highest BCUT2D eigenvalue weighted by Gasteiger charge is 2.25. The number of hydrogen-bond donors (Lipinski definition) is 2. The van der Waals surface area contributed by atoms with E-state index >= 15 is 0 Å². The molecule has 2 aliphatic rings. The number of rotatable bonds is 7. The Labute approximate surface area is 232 Å². The van der Waals surface area contributed by atoms with E-state index in [4.69, 9.17) is 19.2 Å². The van der Waals surface area contributed by atoms with Crippen LogP contribution >= 0.6 is 0 Å². The molecule has 2 saturated heterocycles. The Morgan fingerprint density at radius 1 is 1.18 bits per heavy atom. The summed E-state index contributed by atoms with van der Waals surface area (Å²) >= 11 is 0. The molecule has 3 atom stereocenters. The van der Waals surface area contributed by atoms with Crippen molar-refractivity contribution in [1.82, 2.24) is 29.7 Å². The Hall–Kier alpha value is -4.03. The number of fused-ring (bicyclic) bond motifs is 2. The number of piperazine rings is 1. The molecule has 6 rings (SSSR count). The standard InChI is InChI=1S/C28H34N8O4/c1-16-11-35(12-17(2)30-16)22-8-7-20(24-21(22)10-29-28(34-24)40-15-19-6-5-9-39-19)26(37)32-23-14-36-13-18(3)31-25(36)27(33-23)38-4/h7-8,10,13-14,16-17,19,30H,5-6,9,11-12,15H2,1-4H3,(H,32,37)/t16-,17-,19?/m1/s1.